The summed E-state index contributed by atoms with van der Waals surface area (Å²) in [5, 5.41) is 1.75. The second kappa shape index (κ2) is 7.26. The predicted molar refractivity (Wildman–Crippen MR) is 84.0 cm³/mol. The van der Waals surface area contributed by atoms with Crippen LogP contribution in [0, 0.1) is 0 Å². The molecular weight excluding hydrogens is 274 g/mol. The summed E-state index contributed by atoms with van der Waals surface area (Å²) in [6.45, 7) is 4.05. The Morgan fingerprint density at radius 2 is 2.25 bits per heavy atom. The highest BCUT2D eigenvalue weighted by atomic mass is 32.1. The van der Waals surface area contributed by atoms with E-state index in [2.05, 4.69) is 4.90 Å². The molecule has 0 spiro atoms. The molecule has 0 aliphatic carbocycles. The topological polar surface area (TPSA) is 30.9 Å². The Kier molecular flexibility index (Phi) is 5.38. The molecule has 20 heavy (non-hydrogen) atoms. The Morgan fingerprint density at radius 3 is 2.95 bits per heavy atom. The van der Waals surface area contributed by atoms with Gasteiger partial charge in [0.1, 0.15) is 0 Å². The van der Waals surface area contributed by atoms with Crippen LogP contribution in [0.1, 0.15) is 6.92 Å². The van der Waals surface area contributed by atoms with E-state index in [1.807, 2.05) is 31.2 Å². The minimum absolute atomic E-state index is 0.116. The van der Waals surface area contributed by atoms with Crippen LogP contribution in [0.3, 0.4) is 0 Å². The molecule has 0 aromatic heterocycles. The normalized spacial score (nSPS) is 19.1. The van der Waals surface area contributed by atoms with Gasteiger partial charge in [0.15, 0.2) is 11.5 Å². The maximum atomic E-state index is 5.50. The fourth-order valence-corrected chi connectivity index (χ4v) is 2.36. The number of morpholine rings is 1. The van der Waals surface area contributed by atoms with E-state index in [4.69, 9.17) is 26.4 Å². The van der Waals surface area contributed by atoms with Gasteiger partial charge in [0.25, 0.3) is 0 Å². The zero-order valence-corrected chi connectivity index (χ0v) is 12.6. The van der Waals surface area contributed by atoms with Gasteiger partial charge >= 0.3 is 0 Å². The van der Waals surface area contributed by atoms with Gasteiger partial charge in [-0.3, -0.25) is 0 Å². The number of nitrogens with zero attached hydrogens (tertiary/aromatic N) is 1. The van der Waals surface area contributed by atoms with E-state index in [-0.39, 0.29) is 6.04 Å². The quantitative estimate of drug-likeness (QED) is 0.615. The summed E-state index contributed by atoms with van der Waals surface area (Å²) >= 11 is 5.08. The van der Waals surface area contributed by atoms with Gasteiger partial charge in [-0.15, -0.1) is 0 Å². The van der Waals surface area contributed by atoms with Crippen LogP contribution < -0.4 is 14.4 Å². The lowest BCUT2D eigenvalue weighted by Crippen LogP contribution is -2.46. The third-order valence-corrected chi connectivity index (χ3v) is 3.45. The van der Waals surface area contributed by atoms with Crippen LogP contribution >= 0.6 is 12.2 Å². The van der Waals surface area contributed by atoms with Crippen LogP contribution in [0.5, 0.6) is 11.5 Å². The Hall–Kier alpha value is -1.59. The maximum absolute atomic E-state index is 5.50. The largest absolute Gasteiger partial charge is 0.493 e. The summed E-state index contributed by atoms with van der Waals surface area (Å²) in [6.07, 6.45) is 3.46. The van der Waals surface area contributed by atoms with Gasteiger partial charge in [0.2, 0.25) is 0 Å². The third kappa shape index (κ3) is 3.29. The van der Waals surface area contributed by atoms with Gasteiger partial charge < -0.3 is 19.1 Å². The summed E-state index contributed by atoms with van der Waals surface area (Å²) in [5.74, 6) is 1.40. The first-order valence-electron chi connectivity index (χ1n) is 6.55. The fourth-order valence-electron chi connectivity index (χ4n) is 2.13. The van der Waals surface area contributed by atoms with Crippen molar-refractivity contribution in [3.8, 4) is 11.5 Å². The summed E-state index contributed by atoms with van der Waals surface area (Å²) in [6, 6.07) is 6.00. The van der Waals surface area contributed by atoms with E-state index in [0.717, 1.165) is 12.2 Å². The summed E-state index contributed by atoms with van der Waals surface area (Å²) in [7, 11) is 1.64. The van der Waals surface area contributed by atoms with Crippen molar-refractivity contribution in [1.82, 2.24) is 0 Å². The molecular formula is C15H19NO3S. The Balaban J connectivity index is 2.25. The van der Waals surface area contributed by atoms with Gasteiger partial charge in [-0.05, 0) is 19.1 Å². The molecule has 0 radical (unpaired) electrons. The average Bonchev–Trinajstić information content (AvgIpc) is 2.52. The fraction of sp³-hybridized carbons (Fsp3) is 0.400. The van der Waals surface area contributed by atoms with E-state index in [9.17, 15) is 0 Å². The maximum Gasteiger partial charge on any atom is 0.168 e. The standard InChI is InChI=1S/C15H19NO3S/c1-3-7-19-14-5-4-12(9-15(14)17-2)16-6-8-18-10-13(16)11-20/h3-5,7,9,11,13H,6,8,10H2,1-2H3. The number of hydrogen-bond donors (Lipinski definition) is 0. The SMILES string of the molecule is CC=COc1ccc(N2CCOCC2C=S)cc1OC. The molecule has 1 saturated heterocycles. The van der Waals surface area contributed by atoms with Gasteiger partial charge in [-0.2, -0.15) is 0 Å². The minimum Gasteiger partial charge on any atom is -0.493 e. The van der Waals surface area contributed by atoms with Crippen LogP contribution in [0.4, 0.5) is 5.69 Å². The Bertz CT molecular complexity index is 490. The van der Waals surface area contributed by atoms with E-state index in [1.165, 1.54) is 0 Å². The second-order valence-electron chi connectivity index (χ2n) is 4.39. The monoisotopic (exact) mass is 293 g/mol. The first-order chi connectivity index (χ1) is 9.80. The highest BCUT2D eigenvalue weighted by Gasteiger charge is 2.22. The number of thiocarbonyl (C=S) groups is 1. The predicted octanol–water partition coefficient (Wildman–Crippen LogP) is 2.81. The second-order valence-corrected chi connectivity index (χ2v) is 4.67. The zero-order valence-electron chi connectivity index (χ0n) is 11.7. The van der Waals surface area contributed by atoms with Crippen molar-refractivity contribution < 1.29 is 14.2 Å². The van der Waals surface area contributed by atoms with Crippen LogP contribution in [0.15, 0.2) is 30.5 Å². The average molecular weight is 293 g/mol. The molecule has 4 nitrogen and oxygen atoms in total. The van der Waals surface area contributed by atoms with Gasteiger partial charge in [-0.1, -0.05) is 18.3 Å². The van der Waals surface area contributed by atoms with Gasteiger partial charge in [-0.25, -0.2) is 0 Å². The third-order valence-electron chi connectivity index (χ3n) is 3.13. The molecule has 1 aromatic carbocycles. The van der Waals surface area contributed by atoms with Crippen LogP contribution in [0.2, 0.25) is 0 Å². The first-order valence-corrected chi connectivity index (χ1v) is 7.02. The molecule has 1 fully saturated rings. The van der Waals surface area contributed by atoms with Crippen LogP contribution in [0.25, 0.3) is 0 Å². The molecule has 1 aromatic rings. The number of hydrogen-bond acceptors (Lipinski definition) is 5. The molecule has 0 saturated carbocycles. The molecule has 2 rings (SSSR count). The summed E-state index contributed by atoms with van der Waals surface area (Å²) in [4.78, 5) is 2.22. The van der Waals surface area contributed by atoms with E-state index >= 15 is 0 Å². The van der Waals surface area contributed by atoms with Crippen molar-refractivity contribution >= 4 is 23.3 Å². The zero-order chi connectivity index (χ0) is 14.4. The van der Waals surface area contributed by atoms with Crippen LogP contribution in [-0.2, 0) is 4.74 Å². The van der Waals surface area contributed by atoms with Crippen molar-refractivity contribution in [2.24, 2.45) is 0 Å². The van der Waals surface area contributed by atoms with Gasteiger partial charge in [0, 0.05) is 23.7 Å². The Labute approximate surface area is 124 Å². The molecule has 1 heterocycles. The molecule has 108 valence electrons. The van der Waals surface area contributed by atoms with E-state index in [1.54, 1.807) is 18.7 Å². The lowest BCUT2D eigenvalue weighted by Gasteiger charge is -2.35. The molecule has 0 N–H and O–H groups in total. The number of allylic oxidation sites excluding steroid dienone is 1. The van der Waals surface area contributed by atoms with E-state index in [0.29, 0.717) is 24.7 Å². The van der Waals surface area contributed by atoms with Crippen molar-refractivity contribution in [2.75, 3.05) is 31.8 Å². The van der Waals surface area contributed by atoms with Crippen LogP contribution in [-0.4, -0.2) is 38.3 Å². The molecule has 1 aliphatic heterocycles. The molecule has 1 unspecified atom stereocenters. The molecule has 0 amide bonds. The number of benzene rings is 1. The number of rotatable bonds is 5. The smallest absolute Gasteiger partial charge is 0.168 e. The number of anilines is 1. The molecule has 1 atom stereocenters. The molecule has 5 heteroatoms. The highest BCUT2D eigenvalue weighted by molar-refractivity contribution is 7.79. The van der Waals surface area contributed by atoms with Crippen molar-refractivity contribution in [1.29, 1.82) is 0 Å². The first kappa shape index (κ1) is 14.8. The highest BCUT2D eigenvalue weighted by Crippen LogP contribution is 2.33. The van der Waals surface area contributed by atoms with Crippen molar-refractivity contribution in [3.05, 3.63) is 30.5 Å². The van der Waals surface area contributed by atoms with Crippen molar-refractivity contribution in [3.63, 3.8) is 0 Å². The summed E-state index contributed by atoms with van der Waals surface area (Å²) in [5.41, 5.74) is 1.06. The number of methoxy groups -OCH3 is 1. The lowest BCUT2D eigenvalue weighted by atomic mass is 10.2. The van der Waals surface area contributed by atoms with Gasteiger partial charge in [0.05, 0.1) is 32.6 Å². The van der Waals surface area contributed by atoms with E-state index < -0.39 is 0 Å². The summed E-state index contributed by atoms with van der Waals surface area (Å²) < 4.78 is 16.3. The molecule has 1 aliphatic rings. The Morgan fingerprint density at radius 1 is 1.40 bits per heavy atom. The van der Waals surface area contributed by atoms with Crippen molar-refractivity contribution in [2.45, 2.75) is 13.0 Å². The molecule has 0 bridgehead atoms. The lowest BCUT2D eigenvalue weighted by molar-refractivity contribution is 0.111. The minimum atomic E-state index is 0.116. The number of ether oxygens (including phenoxy) is 3.